The number of aromatic nitrogens is 2. The van der Waals surface area contributed by atoms with Gasteiger partial charge in [-0.25, -0.2) is 0 Å². The van der Waals surface area contributed by atoms with Gasteiger partial charge in [0.15, 0.2) is 0 Å². The first-order valence-electron chi connectivity index (χ1n) is 8.28. The van der Waals surface area contributed by atoms with Gasteiger partial charge in [0, 0.05) is 12.2 Å². The van der Waals surface area contributed by atoms with E-state index in [1.54, 1.807) is 10.9 Å². The Hall–Kier alpha value is -1.40. The Bertz CT molecular complexity index is 558. The second kappa shape index (κ2) is 5.35. The highest BCUT2D eigenvalue weighted by Gasteiger charge is 2.52. The number of aryl methyl sites for hydroxylation is 1. The van der Waals surface area contributed by atoms with Crippen LogP contribution in [0.15, 0.2) is 12.4 Å². The maximum absolute atomic E-state index is 12.3. The fraction of sp³-hybridized carbons (Fsp3) is 0.750. The number of rotatable bonds is 3. The van der Waals surface area contributed by atoms with E-state index in [4.69, 9.17) is 4.74 Å². The summed E-state index contributed by atoms with van der Waals surface area (Å²) in [7, 11) is 0. The van der Waals surface area contributed by atoms with Crippen LogP contribution in [0.3, 0.4) is 0 Å². The molecule has 120 valence electrons. The van der Waals surface area contributed by atoms with Gasteiger partial charge < -0.3 is 9.64 Å². The van der Waals surface area contributed by atoms with E-state index in [9.17, 15) is 4.79 Å². The predicted octanol–water partition coefficient (Wildman–Crippen LogP) is 0.657. The second-order valence-corrected chi connectivity index (χ2v) is 7.06. The Morgan fingerprint density at radius 1 is 1.41 bits per heavy atom. The summed E-state index contributed by atoms with van der Waals surface area (Å²) in [6.45, 7) is 7.07. The van der Waals surface area contributed by atoms with Gasteiger partial charge >= 0.3 is 0 Å². The molecule has 1 spiro atoms. The normalized spacial score (nSPS) is 27.5. The lowest BCUT2D eigenvalue weighted by atomic mass is 9.89. The van der Waals surface area contributed by atoms with Crippen LogP contribution in [0.1, 0.15) is 24.8 Å². The van der Waals surface area contributed by atoms with Crippen molar-refractivity contribution in [1.29, 1.82) is 0 Å². The molecular formula is C16H24N4O2. The summed E-state index contributed by atoms with van der Waals surface area (Å²) in [5, 5.41) is 4.18. The number of carbonyl (C=O) groups is 1. The number of nitrogens with zero attached hydrogens (tertiary/aromatic N) is 4. The molecule has 3 aliphatic heterocycles. The van der Waals surface area contributed by atoms with Crippen LogP contribution in [-0.4, -0.2) is 69.9 Å². The standard InChI is InChI=1S/C16H24N4O2/c1-13-7-17-20(8-13)9-15(21)19-11-16(12-19)6-14(10-22-16)18-4-2-3-5-18/h7-8,14H,2-6,9-12H2,1H3. The quantitative estimate of drug-likeness (QED) is 0.823. The Kier molecular flexibility index (Phi) is 3.46. The Morgan fingerprint density at radius 2 is 2.18 bits per heavy atom. The highest BCUT2D eigenvalue weighted by Crippen LogP contribution is 2.37. The molecule has 22 heavy (non-hydrogen) atoms. The Labute approximate surface area is 131 Å². The summed E-state index contributed by atoms with van der Waals surface area (Å²) < 4.78 is 7.79. The van der Waals surface area contributed by atoms with E-state index < -0.39 is 0 Å². The van der Waals surface area contributed by atoms with Crippen molar-refractivity contribution in [3.8, 4) is 0 Å². The Balaban J connectivity index is 1.29. The van der Waals surface area contributed by atoms with Crippen molar-refractivity contribution >= 4 is 5.91 Å². The van der Waals surface area contributed by atoms with Crippen LogP contribution in [0.4, 0.5) is 0 Å². The van der Waals surface area contributed by atoms with Crippen molar-refractivity contribution in [2.24, 2.45) is 0 Å². The van der Waals surface area contributed by atoms with Crippen molar-refractivity contribution < 1.29 is 9.53 Å². The summed E-state index contributed by atoms with van der Waals surface area (Å²) in [4.78, 5) is 16.7. The minimum absolute atomic E-state index is 0.0665. The van der Waals surface area contributed by atoms with Gasteiger partial charge in [-0.3, -0.25) is 14.4 Å². The van der Waals surface area contributed by atoms with Crippen molar-refractivity contribution in [3.05, 3.63) is 18.0 Å². The van der Waals surface area contributed by atoms with Crippen LogP contribution in [0, 0.1) is 6.92 Å². The summed E-state index contributed by atoms with van der Waals surface area (Å²) in [6, 6.07) is 0.563. The van der Waals surface area contributed by atoms with E-state index in [1.165, 1.54) is 25.9 Å². The van der Waals surface area contributed by atoms with E-state index >= 15 is 0 Å². The molecule has 6 nitrogen and oxygen atoms in total. The summed E-state index contributed by atoms with van der Waals surface area (Å²) in [5.41, 5.74) is 1.02. The lowest BCUT2D eigenvalue weighted by Crippen LogP contribution is -2.64. The molecule has 1 aromatic heterocycles. The molecule has 3 fully saturated rings. The van der Waals surface area contributed by atoms with E-state index in [2.05, 4.69) is 10.00 Å². The van der Waals surface area contributed by atoms with Gasteiger partial charge in [-0.2, -0.15) is 5.10 Å². The predicted molar refractivity (Wildman–Crippen MR) is 81.4 cm³/mol. The zero-order chi connectivity index (χ0) is 15.2. The fourth-order valence-corrected chi connectivity index (χ4v) is 4.00. The highest BCUT2D eigenvalue weighted by molar-refractivity contribution is 5.77. The van der Waals surface area contributed by atoms with Crippen LogP contribution >= 0.6 is 0 Å². The number of hydrogen-bond donors (Lipinski definition) is 0. The van der Waals surface area contributed by atoms with Gasteiger partial charge in [0.05, 0.1) is 25.9 Å². The van der Waals surface area contributed by atoms with E-state index in [1.807, 2.05) is 18.0 Å². The maximum atomic E-state index is 12.3. The zero-order valence-corrected chi connectivity index (χ0v) is 13.2. The summed E-state index contributed by atoms with van der Waals surface area (Å²) in [6.07, 6.45) is 7.40. The first-order chi connectivity index (χ1) is 10.6. The second-order valence-electron chi connectivity index (χ2n) is 7.06. The van der Waals surface area contributed by atoms with Crippen molar-refractivity contribution in [3.63, 3.8) is 0 Å². The third-order valence-electron chi connectivity index (χ3n) is 5.22. The average Bonchev–Trinajstić information content (AvgIpc) is 3.15. The van der Waals surface area contributed by atoms with Crippen LogP contribution in [0.5, 0.6) is 0 Å². The molecule has 4 rings (SSSR count). The molecule has 0 aromatic carbocycles. The highest BCUT2D eigenvalue weighted by atomic mass is 16.5. The number of hydrogen-bond acceptors (Lipinski definition) is 4. The van der Waals surface area contributed by atoms with Gasteiger partial charge in [-0.15, -0.1) is 0 Å². The van der Waals surface area contributed by atoms with E-state index in [0.29, 0.717) is 12.6 Å². The maximum Gasteiger partial charge on any atom is 0.244 e. The molecule has 0 saturated carbocycles. The van der Waals surface area contributed by atoms with Crippen molar-refractivity contribution in [2.75, 3.05) is 32.8 Å². The number of amides is 1. The molecule has 0 N–H and O–H groups in total. The number of carbonyl (C=O) groups excluding carboxylic acids is 1. The first-order valence-corrected chi connectivity index (χ1v) is 8.28. The largest absolute Gasteiger partial charge is 0.370 e. The fourth-order valence-electron chi connectivity index (χ4n) is 4.00. The Morgan fingerprint density at radius 3 is 2.86 bits per heavy atom. The molecule has 1 aromatic rings. The molecular weight excluding hydrogens is 280 g/mol. The minimum atomic E-state index is -0.0665. The van der Waals surface area contributed by atoms with Crippen LogP contribution in [0.25, 0.3) is 0 Å². The van der Waals surface area contributed by atoms with Gasteiger partial charge in [0.1, 0.15) is 12.1 Å². The topological polar surface area (TPSA) is 50.6 Å². The summed E-state index contributed by atoms with van der Waals surface area (Å²) >= 11 is 0. The van der Waals surface area contributed by atoms with Crippen LogP contribution < -0.4 is 0 Å². The van der Waals surface area contributed by atoms with Gasteiger partial charge in [-0.05, 0) is 44.8 Å². The van der Waals surface area contributed by atoms with Crippen molar-refractivity contribution in [2.45, 2.75) is 44.4 Å². The minimum Gasteiger partial charge on any atom is -0.370 e. The molecule has 3 saturated heterocycles. The zero-order valence-electron chi connectivity index (χ0n) is 13.2. The monoisotopic (exact) mass is 304 g/mol. The smallest absolute Gasteiger partial charge is 0.244 e. The van der Waals surface area contributed by atoms with Crippen LogP contribution in [-0.2, 0) is 16.1 Å². The van der Waals surface area contributed by atoms with Gasteiger partial charge in [-0.1, -0.05) is 0 Å². The molecule has 6 heteroatoms. The molecule has 0 bridgehead atoms. The van der Waals surface area contributed by atoms with Crippen LogP contribution in [0.2, 0.25) is 0 Å². The SMILES string of the molecule is Cc1cnn(CC(=O)N2CC3(CC(N4CCCC4)CO3)C2)c1. The third-order valence-corrected chi connectivity index (χ3v) is 5.22. The van der Waals surface area contributed by atoms with Gasteiger partial charge in [0.2, 0.25) is 5.91 Å². The number of likely N-dealkylation sites (tertiary alicyclic amines) is 2. The molecule has 1 amide bonds. The number of ether oxygens (including phenoxy) is 1. The summed E-state index contributed by atoms with van der Waals surface area (Å²) in [5.74, 6) is 0.141. The average molecular weight is 304 g/mol. The van der Waals surface area contributed by atoms with E-state index in [0.717, 1.165) is 31.7 Å². The molecule has 1 atom stereocenters. The van der Waals surface area contributed by atoms with E-state index in [-0.39, 0.29) is 11.5 Å². The molecule has 4 heterocycles. The third kappa shape index (κ3) is 2.54. The lowest BCUT2D eigenvalue weighted by Gasteiger charge is -2.47. The molecule has 1 unspecified atom stereocenters. The van der Waals surface area contributed by atoms with Gasteiger partial charge in [0.25, 0.3) is 0 Å². The first kappa shape index (κ1) is 14.2. The lowest BCUT2D eigenvalue weighted by molar-refractivity contribution is -0.158. The molecule has 0 radical (unpaired) electrons. The van der Waals surface area contributed by atoms with Crippen molar-refractivity contribution in [1.82, 2.24) is 19.6 Å². The molecule has 3 aliphatic rings. The molecule has 0 aliphatic carbocycles.